The van der Waals surface area contributed by atoms with E-state index < -0.39 is 6.04 Å². The Labute approximate surface area is 107 Å². The van der Waals surface area contributed by atoms with E-state index in [4.69, 9.17) is 17.3 Å². The van der Waals surface area contributed by atoms with Crippen LogP contribution in [-0.4, -0.2) is 11.9 Å². The van der Waals surface area contributed by atoms with Crippen LogP contribution in [0.2, 0.25) is 5.02 Å². The molecule has 0 unspecified atom stereocenters. The zero-order valence-electron chi connectivity index (χ0n) is 10.2. The van der Waals surface area contributed by atoms with Crippen molar-refractivity contribution < 1.29 is 4.79 Å². The van der Waals surface area contributed by atoms with Crippen LogP contribution < -0.4 is 11.1 Å². The Morgan fingerprint density at radius 3 is 2.71 bits per heavy atom. The van der Waals surface area contributed by atoms with Gasteiger partial charge < -0.3 is 11.1 Å². The maximum Gasteiger partial charge on any atom is 0.237 e. The molecule has 94 valence electrons. The molecule has 0 aliphatic heterocycles. The van der Waals surface area contributed by atoms with E-state index in [-0.39, 0.29) is 11.9 Å². The van der Waals surface area contributed by atoms with Gasteiger partial charge in [0.1, 0.15) is 0 Å². The molecule has 0 fully saturated rings. The second-order valence-corrected chi connectivity index (χ2v) is 4.55. The molecule has 4 heteroatoms. The first kappa shape index (κ1) is 14.0. The molecule has 0 bridgehead atoms. The normalized spacial score (nSPS) is 14.1. The molecular weight excluding hydrogens is 236 g/mol. The van der Waals surface area contributed by atoms with Crippen molar-refractivity contribution in [2.45, 2.75) is 38.8 Å². The minimum absolute atomic E-state index is 0.126. The molecule has 3 N–H and O–H groups in total. The SMILES string of the molecule is CCC[C@H](N)C(=O)N[C@H](C)c1ccccc1Cl. The maximum absolute atomic E-state index is 11.7. The Balaban J connectivity index is 2.63. The summed E-state index contributed by atoms with van der Waals surface area (Å²) in [6.45, 7) is 3.91. The molecular formula is C13H19ClN2O. The molecule has 1 aromatic carbocycles. The Bertz CT molecular complexity index is 381. The Morgan fingerprint density at radius 2 is 2.12 bits per heavy atom. The van der Waals surface area contributed by atoms with Crippen molar-refractivity contribution in [3.8, 4) is 0 Å². The summed E-state index contributed by atoms with van der Waals surface area (Å²) in [6.07, 6.45) is 1.59. The minimum atomic E-state index is -0.440. The number of hydrogen-bond donors (Lipinski definition) is 2. The molecule has 2 atom stereocenters. The highest BCUT2D eigenvalue weighted by Gasteiger charge is 2.16. The summed E-state index contributed by atoms with van der Waals surface area (Å²) in [5, 5.41) is 3.53. The molecule has 1 amide bonds. The average molecular weight is 255 g/mol. The summed E-state index contributed by atoms with van der Waals surface area (Å²) in [5.74, 6) is -0.126. The van der Waals surface area contributed by atoms with E-state index in [0.717, 1.165) is 12.0 Å². The third-order valence-electron chi connectivity index (χ3n) is 2.67. The van der Waals surface area contributed by atoms with Crippen LogP contribution in [-0.2, 0) is 4.79 Å². The van der Waals surface area contributed by atoms with Gasteiger partial charge in [0.2, 0.25) is 5.91 Å². The number of benzene rings is 1. The Kier molecular flexibility index (Phi) is 5.45. The first-order chi connectivity index (χ1) is 8.06. The summed E-state index contributed by atoms with van der Waals surface area (Å²) < 4.78 is 0. The Hall–Kier alpha value is -1.06. The van der Waals surface area contributed by atoms with Crippen LogP contribution in [0.15, 0.2) is 24.3 Å². The summed E-state index contributed by atoms with van der Waals surface area (Å²) >= 11 is 6.06. The zero-order chi connectivity index (χ0) is 12.8. The summed E-state index contributed by atoms with van der Waals surface area (Å²) in [6, 6.07) is 6.91. The van der Waals surface area contributed by atoms with E-state index in [1.54, 1.807) is 0 Å². The predicted octanol–water partition coefficient (Wildman–Crippen LogP) is 2.64. The number of carbonyl (C=O) groups excluding carboxylic acids is 1. The summed E-state index contributed by atoms with van der Waals surface area (Å²) in [4.78, 5) is 11.7. The molecule has 0 spiro atoms. The average Bonchev–Trinajstić information content (AvgIpc) is 2.29. The summed E-state index contributed by atoms with van der Waals surface area (Å²) in [5.41, 5.74) is 6.66. The van der Waals surface area contributed by atoms with Crippen LogP contribution in [0, 0.1) is 0 Å². The number of nitrogens with one attached hydrogen (secondary N) is 1. The lowest BCUT2D eigenvalue weighted by molar-refractivity contribution is -0.123. The summed E-state index contributed by atoms with van der Waals surface area (Å²) in [7, 11) is 0. The fourth-order valence-corrected chi connectivity index (χ4v) is 1.97. The molecule has 1 aromatic rings. The first-order valence-corrected chi connectivity index (χ1v) is 6.24. The van der Waals surface area contributed by atoms with Crippen molar-refractivity contribution in [3.63, 3.8) is 0 Å². The number of rotatable bonds is 5. The monoisotopic (exact) mass is 254 g/mol. The van der Waals surface area contributed by atoms with Gasteiger partial charge in [-0.15, -0.1) is 0 Å². The lowest BCUT2D eigenvalue weighted by atomic mass is 10.1. The largest absolute Gasteiger partial charge is 0.348 e. The van der Waals surface area contributed by atoms with E-state index in [1.807, 2.05) is 38.1 Å². The van der Waals surface area contributed by atoms with Gasteiger partial charge in [0.05, 0.1) is 12.1 Å². The van der Waals surface area contributed by atoms with Gasteiger partial charge in [-0.3, -0.25) is 4.79 Å². The van der Waals surface area contributed by atoms with E-state index in [1.165, 1.54) is 0 Å². The van der Waals surface area contributed by atoms with E-state index in [2.05, 4.69) is 5.32 Å². The number of halogens is 1. The standard InChI is InChI=1S/C13H19ClN2O/c1-3-6-12(15)13(17)16-9(2)10-7-4-5-8-11(10)14/h4-5,7-9,12H,3,6,15H2,1-2H3,(H,16,17)/t9-,12+/m1/s1. The molecule has 0 aliphatic carbocycles. The van der Waals surface area contributed by atoms with Crippen molar-refractivity contribution in [1.82, 2.24) is 5.32 Å². The maximum atomic E-state index is 11.7. The smallest absolute Gasteiger partial charge is 0.237 e. The molecule has 1 rings (SSSR count). The van der Waals surface area contributed by atoms with Crippen molar-refractivity contribution in [2.75, 3.05) is 0 Å². The van der Waals surface area contributed by atoms with Crippen molar-refractivity contribution in [2.24, 2.45) is 5.73 Å². The molecule has 0 saturated carbocycles. The van der Waals surface area contributed by atoms with Gasteiger partial charge in [0, 0.05) is 5.02 Å². The number of nitrogens with two attached hydrogens (primary N) is 1. The lowest BCUT2D eigenvalue weighted by Gasteiger charge is -2.18. The molecule has 0 aliphatic rings. The Morgan fingerprint density at radius 1 is 1.47 bits per heavy atom. The minimum Gasteiger partial charge on any atom is -0.348 e. The van der Waals surface area contributed by atoms with E-state index in [9.17, 15) is 4.79 Å². The van der Waals surface area contributed by atoms with Gasteiger partial charge in [0.15, 0.2) is 0 Å². The van der Waals surface area contributed by atoms with Crippen LogP contribution in [0.3, 0.4) is 0 Å². The van der Waals surface area contributed by atoms with Crippen LogP contribution in [0.5, 0.6) is 0 Å². The lowest BCUT2D eigenvalue weighted by Crippen LogP contribution is -2.41. The zero-order valence-corrected chi connectivity index (χ0v) is 11.0. The highest BCUT2D eigenvalue weighted by Crippen LogP contribution is 2.22. The fraction of sp³-hybridized carbons (Fsp3) is 0.462. The second-order valence-electron chi connectivity index (χ2n) is 4.15. The number of hydrogen-bond acceptors (Lipinski definition) is 2. The third-order valence-corrected chi connectivity index (χ3v) is 3.01. The second kappa shape index (κ2) is 6.62. The van der Waals surface area contributed by atoms with Gasteiger partial charge in [-0.1, -0.05) is 43.1 Å². The van der Waals surface area contributed by atoms with Gasteiger partial charge in [-0.05, 0) is 25.0 Å². The van der Waals surface area contributed by atoms with Crippen LogP contribution >= 0.6 is 11.6 Å². The van der Waals surface area contributed by atoms with Crippen molar-refractivity contribution >= 4 is 17.5 Å². The molecule has 0 heterocycles. The van der Waals surface area contributed by atoms with Crippen molar-refractivity contribution in [1.29, 1.82) is 0 Å². The van der Waals surface area contributed by atoms with E-state index in [0.29, 0.717) is 11.4 Å². The molecule has 0 radical (unpaired) electrons. The quantitative estimate of drug-likeness (QED) is 0.849. The third kappa shape index (κ3) is 4.02. The topological polar surface area (TPSA) is 55.1 Å². The van der Waals surface area contributed by atoms with Crippen LogP contribution in [0.4, 0.5) is 0 Å². The fourth-order valence-electron chi connectivity index (χ4n) is 1.67. The van der Waals surface area contributed by atoms with Gasteiger partial charge >= 0.3 is 0 Å². The van der Waals surface area contributed by atoms with E-state index >= 15 is 0 Å². The highest BCUT2D eigenvalue weighted by molar-refractivity contribution is 6.31. The highest BCUT2D eigenvalue weighted by atomic mass is 35.5. The molecule has 0 saturated heterocycles. The van der Waals surface area contributed by atoms with Crippen LogP contribution in [0.1, 0.15) is 38.3 Å². The van der Waals surface area contributed by atoms with Crippen LogP contribution in [0.25, 0.3) is 0 Å². The molecule has 0 aromatic heterocycles. The number of amides is 1. The van der Waals surface area contributed by atoms with Gasteiger partial charge in [0.25, 0.3) is 0 Å². The molecule has 3 nitrogen and oxygen atoms in total. The van der Waals surface area contributed by atoms with Crippen molar-refractivity contribution in [3.05, 3.63) is 34.9 Å². The van der Waals surface area contributed by atoms with Gasteiger partial charge in [-0.25, -0.2) is 0 Å². The first-order valence-electron chi connectivity index (χ1n) is 5.86. The van der Waals surface area contributed by atoms with Gasteiger partial charge in [-0.2, -0.15) is 0 Å². The predicted molar refractivity (Wildman–Crippen MR) is 70.9 cm³/mol. The number of carbonyl (C=O) groups is 1. The molecule has 17 heavy (non-hydrogen) atoms.